The molecule has 0 spiro atoms. The van der Waals surface area contributed by atoms with Crippen molar-refractivity contribution in [1.82, 2.24) is 20.2 Å². The Hall–Kier alpha value is -2.09. The summed E-state index contributed by atoms with van der Waals surface area (Å²) in [5, 5.41) is 9.39. The predicted molar refractivity (Wildman–Crippen MR) is 67.9 cm³/mol. The van der Waals surface area contributed by atoms with Crippen LogP contribution in [0.25, 0.3) is 0 Å². The molecule has 2 rings (SSSR count). The standard InChI is InChI=1S/C10H11N5O2S/c1-5-7(9(18-2)14-10(17)12-5)8(16)13-6-3-4-11-15-6/h3-4H,1-2H3,(H,12,14,17)(H2,11,13,15,16). The van der Waals surface area contributed by atoms with Gasteiger partial charge >= 0.3 is 5.69 Å². The zero-order chi connectivity index (χ0) is 13.1. The van der Waals surface area contributed by atoms with E-state index in [0.29, 0.717) is 22.1 Å². The third-order valence-electron chi connectivity index (χ3n) is 2.26. The van der Waals surface area contributed by atoms with E-state index in [0.717, 1.165) is 0 Å². The summed E-state index contributed by atoms with van der Waals surface area (Å²) in [7, 11) is 0. The minimum Gasteiger partial charge on any atom is -0.309 e. The van der Waals surface area contributed by atoms with Crippen LogP contribution in [0.5, 0.6) is 0 Å². The van der Waals surface area contributed by atoms with Crippen molar-refractivity contribution in [2.75, 3.05) is 11.6 Å². The van der Waals surface area contributed by atoms with Crippen LogP contribution in [0.2, 0.25) is 0 Å². The van der Waals surface area contributed by atoms with E-state index in [1.54, 1.807) is 19.2 Å². The molecule has 3 N–H and O–H groups in total. The smallest absolute Gasteiger partial charge is 0.309 e. The molecular formula is C10H11N5O2S. The summed E-state index contributed by atoms with van der Waals surface area (Å²) in [5.74, 6) is 0.141. The number of amides is 1. The highest BCUT2D eigenvalue weighted by molar-refractivity contribution is 7.98. The summed E-state index contributed by atoms with van der Waals surface area (Å²) in [4.78, 5) is 29.6. The van der Waals surface area contributed by atoms with Crippen molar-refractivity contribution in [3.05, 3.63) is 34.0 Å². The number of aryl methyl sites for hydroxylation is 1. The maximum atomic E-state index is 12.1. The molecule has 94 valence electrons. The third-order valence-corrected chi connectivity index (χ3v) is 2.94. The third kappa shape index (κ3) is 2.43. The van der Waals surface area contributed by atoms with E-state index >= 15 is 0 Å². The first-order valence-corrected chi connectivity index (χ1v) is 6.30. The Morgan fingerprint density at radius 2 is 2.28 bits per heavy atom. The van der Waals surface area contributed by atoms with E-state index in [9.17, 15) is 9.59 Å². The van der Waals surface area contributed by atoms with Gasteiger partial charge in [0.2, 0.25) is 0 Å². The Labute approximate surface area is 106 Å². The number of carbonyl (C=O) groups excluding carboxylic acids is 1. The lowest BCUT2D eigenvalue weighted by molar-refractivity contribution is 0.102. The predicted octanol–water partition coefficient (Wildman–Crippen LogP) is 0.776. The monoisotopic (exact) mass is 265 g/mol. The average molecular weight is 265 g/mol. The highest BCUT2D eigenvalue weighted by atomic mass is 32.2. The lowest BCUT2D eigenvalue weighted by Gasteiger charge is -2.08. The second-order valence-electron chi connectivity index (χ2n) is 3.48. The fraction of sp³-hybridized carbons (Fsp3) is 0.200. The zero-order valence-corrected chi connectivity index (χ0v) is 10.6. The number of thioether (sulfide) groups is 1. The van der Waals surface area contributed by atoms with Crippen molar-refractivity contribution in [1.29, 1.82) is 0 Å². The molecule has 2 aromatic rings. The van der Waals surface area contributed by atoms with Crippen molar-refractivity contribution in [2.24, 2.45) is 0 Å². The van der Waals surface area contributed by atoms with E-state index in [4.69, 9.17) is 0 Å². The molecule has 0 radical (unpaired) electrons. The second kappa shape index (κ2) is 5.05. The van der Waals surface area contributed by atoms with Crippen LogP contribution in [-0.4, -0.2) is 32.3 Å². The highest BCUT2D eigenvalue weighted by Crippen LogP contribution is 2.19. The van der Waals surface area contributed by atoms with Crippen molar-refractivity contribution < 1.29 is 4.79 Å². The molecule has 2 heterocycles. The van der Waals surface area contributed by atoms with Crippen LogP contribution in [-0.2, 0) is 0 Å². The molecular weight excluding hydrogens is 254 g/mol. The van der Waals surface area contributed by atoms with E-state index in [1.807, 2.05) is 0 Å². The van der Waals surface area contributed by atoms with Gasteiger partial charge in [0.05, 0.1) is 11.8 Å². The summed E-state index contributed by atoms with van der Waals surface area (Å²) in [5.41, 5.74) is 0.378. The average Bonchev–Trinajstić information content (AvgIpc) is 2.80. The van der Waals surface area contributed by atoms with Gasteiger partial charge in [-0.15, -0.1) is 11.8 Å². The Morgan fingerprint density at radius 3 is 2.89 bits per heavy atom. The molecule has 0 fully saturated rings. The molecule has 0 atom stereocenters. The van der Waals surface area contributed by atoms with Crippen molar-refractivity contribution >= 4 is 23.5 Å². The SMILES string of the molecule is CSc1nc(=O)[nH]c(C)c1C(=O)Nc1ccn[nH]1. The Bertz CT molecular complexity index is 620. The molecule has 0 saturated heterocycles. The maximum Gasteiger partial charge on any atom is 0.346 e. The van der Waals surface area contributed by atoms with Crippen LogP contribution in [0.4, 0.5) is 5.82 Å². The zero-order valence-electron chi connectivity index (χ0n) is 9.77. The molecule has 8 heteroatoms. The molecule has 0 aliphatic carbocycles. The Kier molecular flexibility index (Phi) is 3.47. The summed E-state index contributed by atoms with van der Waals surface area (Å²) in [6.07, 6.45) is 3.29. The molecule has 18 heavy (non-hydrogen) atoms. The van der Waals surface area contributed by atoms with Crippen LogP contribution in [0.1, 0.15) is 16.1 Å². The number of H-pyrrole nitrogens is 2. The number of carbonyl (C=O) groups is 1. The lowest BCUT2D eigenvalue weighted by Crippen LogP contribution is -2.22. The molecule has 1 amide bonds. The normalized spacial score (nSPS) is 10.3. The number of aromatic nitrogens is 4. The van der Waals surface area contributed by atoms with E-state index in [-0.39, 0.29) is 5.91 Å². The van der Waals surface area contributed by atoms with Gasteiger partial charge in [-0.05, 0) is 13.2 Å². The fourth-order valence-corrected chi connectivity index (χ4v) is 2.11. The fourth-order valence-electron chi connectivity index (χ4n) is 1.48. The Morgan fingerprint density at radius 1 is 1.50 bits per heavy atom. The van der Waals surface area contributed by atoms with E-state index in [1.165, 1.54) is 18.0 Å². The van der Waals surface area contributed by atoms with Gasteiger partial charge in [-0.1, -0.05) is 0 Å². The molecule has 0 aliphatic rings. The number of nitrogens with one attached hydrogen (secondary N) is 3. The van der Waals surface area contributed by atoms with E-state index < -0.39 is 5.69 Å². The molecule has 0 bridgehead atoms. The minimum absolute atomic E-state index is 0.343. The van der Waals surface area contributed by atoms with Crippen LogP contribution in [0.3, 0.4) is 0 Å². The van der Waals surface area contributed by atoms with Gasteiger partial charge in [-0.2, -0.15) is 10.1 Å². The van der Waals surface area contributed by atoms with Crippen LogP contribution in [0.15, 0.2) is 22.1 Å². The maximum absolute atomic E-state index is 12.1. The van der Waals surface area contributed by atoms with Crippen LogP contribution in [0, 0.1) is 6.92 Å². The summed E-state index contributed by atoms with van der Waals surface area (Å²) >= 11 is 1.25. The molecule has 7 nitrogen and oxygen atoms in total. The topological polar surface area (TPSA) is 104 Å². The van der Waals surface area contributed by atoms with Gasteiger partial charge in [0.25, 0.3) is 5.91 Å². The van der Waals surface area contributed by atoms with Crippen molar-refractivity contribution in [2.45, 2.75) is 11.9 Å². The first-order valence-electron chi connectivity index (χ1n) is 5.07. The number of anilines is 1. The van der Waals surface area contributed by atoms with E-state index in [2.05, 4.69) is 25.5 Å². The first-order chi connectivity index (χ1) is 8.61. The number of hydrogen-bond acceptors (Lipinski definition) is 5. The molecule has 2 aromatic heterocycles. The second-order valence-corrected chi connectivity index (χ2v) is 4.27. The van der Waals surface area contributed by atoms with Crippen molar-refractivity contribution in [3.8, 4) is 0 Å². The minimum atomic E-state index is -0.463. The molecule has 0 unspecified atom stereocenters. The van der Waals surface area contributed by atoms with Gasteiger partial charge < -0.3 is 10.3 Å². The van der Waals surface area contributed by atoms with Crippen LogP contribution < -0.4 is 11.0 Å². The Balaban J connectivity index is 2.38. The highest BCUT2D eigenvalue weighted by Gasteiger charge is 2.17. The molecule has 0 aliphatic heterocycles. The summed E-state index contributed by atoms with van der Waals surface area (Å²) in [6, 6.07) is 1.63. The summed E-state index contributed by atoms with van der Waals surface area (Å²) < 4.78 is 0. The van der Waals surface area contributed by atoms with Gasteiger partial charge in [0, 0.05) is 11.8 Å². The first kappa shape index (κ1) is 12.4. The van der Waals surface area contributed by atoms with Gasteiger partial charge in [-0.3, -0.25) is 9.89 Å². The number of hydrogen-bond donors (Lipinski definition) is 3. The number of aromatic amines is 2. The largest absolute Gasteiger partial charge is 0.346 e. The molecule has 0 saturated carbocycles. The quantitative estimate of drug-likeness (QED) is 0.562. The number of nitrogens with zero attached hydrogens (tertiary/aromatic N) is 2. The van der Waals surface area contributed by atoms with Crippen molar-refractivity contribution in [3.63, 3.8) is 0 Å². The van der Waals surface area contributed by atoms with Crippen LogP contribution >= 0.6 is 11.8 Å². The summed E-state index contributed by atoms with van der Waals surface area (Å²) in [6.45, 7) is 1.66. The van der Waals surface area contributed by atoms with Gasteiger partial charge in [-0.25, -0.2) is 4.79 Å². The number of rotatable bonds is 3. The molecule has 0 aromatic carbocycles. The lowest BCUT2D eigenvalue weighted by atomic mass is 10.2. The van der Waals surface area contributed by atoms with Gasteiger partial charge in [0.15, 0.2) is 0 Å². The van der Waals surface area contributed by atoms with Gasteiger partial charge in [0.1, 0.15) is 10.8 Å².